The van der Waals surface area contributed by atoms with E-state index in [1.54, 1.807) is 24.1 Å². The van der Waals surface area contributed by atoms with E-state index in [1.165, 1.54) is 0 Å². The van der Waals surface area contributed by atoms with E-state index in [0.29, 0.717) is 5.56 Å². The zero-order chi connectivity index (χ0) is 16.2. The Morgan fingerprint density at radius 3 is 2.05 bits per heavy atom. The molecule has 4 heteroatoms. The molecule has 0 aliphatic rings. The molecule has 0 aliphatic carbocycles. The molecule has 0 heterocycles. The molecule has 0 spiro atoms. The lowest BCUT2D eigenvalue weighted by molar-refractivity contribution is 0.0697. The largest absolute Gasteiger partial charge is 0.478 e. The maximum absolute atomic E-state index is 11.0. The van der Waals surface area contributed by atoms with Crippen LogP contribution in [0.5, 0.6) is 0 Å². The van der Waals surface area contributed by atoms with Gasteiger partial charge in [0, 0.05) is 4.75 Å². The molecule has 1 atom stereocenters. The van der Waals surface area contributed by atoms with E-state index in [4.69, 9.17) is 5.11 Å². The smallest absolute Gasteiger partial charge is 0.335 e. The summed E-state index contributed by atoms with van der Waals surface area (Å²) in [6.45, 7) is 6.46. The highest BCUT2D eigenvalue weighted by Gasteiger charge is 2.18. The number of rotatable bonds is 5. The topological polar surface area (TPSA) is 49.3 Å². The van der Waals surface area contributed by atoms with Crippen molar-refractivity contribution >= 4 is 17.9 Å². The van der Waals surface area contributed by atoms with E-state index in [1.807, 2.05) is 30.3 Å². The van der Waals surface area contributed by atoms with Crippen LogP contribution in [0.15, 0.2) is 54.6 Å². The van der Waals surface area contributed by atoms with Gasteiger partial charge in [-0.3, -0.25) is 4.72 Å². The standard InChI is InChI=1S/C18H21NO2S/c1-18(2,3)22-19-16(13-7-5-4-6-8-13)14-9-11-15(12-10-14)17(20)21/h4-12,16,19H,1-3H3,(H,20,21)/t16-/m0/s1. The number of nitrogens with one attached hydrogen (secondary N) is 1. The normalized spacial score (nSPS) is 12.9. The Hall–Kier alpha value is -1.78. The summed E-state index contributed by atoms with van der Waals surface area (Å²) < 4.78 is 3.60. The predicted octanol–water partition coefficient (Wildman–Crippen LogP) is 4.51. The average molecular weight is 315 g/mol. The van der Waals surface area contributed by atoms with E-state index < -0.39 is 5.97 Å². The molecule has 0 aromatic heterocycles. The SMILES string of the molecule is CC(C)(C)SN[C@@H](c1ccccc1)c1ccc(C(=O)O)cc1. The Morgan fingerprint density at radius 2 is 1.55 bits per heavy atom. The Bertz CT molecular complexity index is 618. The highest BCUT2D eigenvalue weighted by atomic mass is 32.2. The molecular formula is C18H21NO2S. The summed E-state index contributed by atoms with van der Waals surface area (Å²) in [6, 6.07) is 17.2. The highest BCUT2D eigenvalue weighted by Crippen LogP contribution is 2.29. The van der Waals surface area contributed by atoms with Gasteiger partial charge in [0.1, 0.15) is 0 Å². The summed E-state index contributed by atoms with van der Waals surface area (Å²) in [5, 5.41) is 9.02. The molecule has 0 amide bonds. The lowest BCUT2D eigenvalue weighted by Crippen LogP contribution is -2.22. The number of carbonyl (C=O) groups is 1. The van der Waals surface area contributed by atoms with Crippen molar-refractivity contribution in [2.75, 3.05) is 0 Å². The fraction of sp³-hybridized carbons (Fsp3) is 0.278. The van der Waals surface area contributed by atoms with Crippen LogP contribution in [-0.4, -0.2) is 15.8 Å². The van der Waals surface area contributed by atoms with Crippen molar-refractivity contribution in [2.45, 2.75) is 31.6 Å². The summed E-state index contributed by atoms with van der Waals surface area (Å²) >= 11 is 1.68. The molecule has 0 unspecified atom stereocenters. The first-order valence-corrected chi connectivity index (χ1v) is 8.00. The Labute approximate surface area is 135 Å². The van der Waals surface area contributed by atoms with Gasteiger partial charge < -0.3 is 5.11 Å². The first kappa shape index (κ1) is 16.6. The fourth-order valence-electron chi connectivity index (χ4n) is 2.03. The Morgan fingerprint density at radius 1 is 1.00 bits per heavy atom. The zero-order valence-electron chi connectivity index (χ0n) is 13.0. The first-order chi connectivity index (χ1) is 10.4. The molecule has 0 saturated carbocycles. The van der Waals surface area contributed by atoms with Crippen LogP contribution in [0.4, 0.5) is 0 Å². The second-order valence-electron chi connectivity index (χ2n) is 6.10. The maximum atomic E-state index is 11.0. The average Bonchev–Trinajstić information content (AvgIpc) is 2.48. The number of carboxylic acids is 1. The van der Waals surface area contributed by atoms with Gasteiger partial charge in [-0.2, -0.15) is 0 Å². The van der Waals surface area contributed by atoms with E-state index in [9.17, 15) is 4.79 Å². The third-order valence-electron chi connectivity index (χ3n) is 3.11. The van der Waals surface area contributed by atoms with Crippen molar-refractivity contribution in [3.8, 4) is 0 Å². The molecule has 2 rings (SSSR count). The second-order valence-corrected chi connectivity index (χ2v) is 7.77. The maximum Gasteiger partial charge on any atom is 0.335 e. The van der Waals surface area contributed by atoms with Crippen LogP contribution in [0.1, 0.15) is 48.3 Å². The van der Waals surface area contributed by atoms with Crippen molar-refractivity contribution in [1.29, 1.82) is 0 Å². The van der Waals surface area contributed by atoms with E-state index in [0.717, 1.165) is 11.1 Å². The summed E-state index contributed by atoms with van der Waals surface area (Å²) in [4.78, 5) is 11.0. The van der Waals surface area contributed by atoms with Crippen LogP contribution >= 0.6 is 11.9 Å². The van der Waals surface area contributed by atoms with E-state index in [-0.39, 0.29) is 10.8 Å². The number of hydrogen-bond acceptors (Lipinski definition) is 3. The fourth-order valence-corrected chi connectivity index (χ4v) is 2.77. The van der Waals surface area contributed by atoms with Gasteiger partial charge in [0.25, 0.3) is 0 Å². The predicted molar refractivity (Wildman–Crippen MR) is 92.2 cm³/mol. The summed E-state index contributed by atoms with van der Waals surface area (Å²) in [5.41, 5.74) is 2.51. The van der Waals surface area contributed by atoms with Crippen molar-refractivity contribution in [2.24, 2.45) is 0 Å². The summed E-state index contributed by atoms with van der Waals surface area (Å²) in [6.07, 6.45) is 0. The van der Waals surface area contributed by atoms with Gasteiger partial charge in [0.15, 0.2) is 0 Å². The molecule has 2 aromatic carbocycles. The van der Waals surface area contributed by atoms with Crippen molar-refractivity contribution < 1.29 is 9.90 Å². The molecule has 22 heavy (non-hydrogen) atoms. The van der Waals surface area contributed by atoms with Crippen molar-refractivity contribution in [3.05, 3.63) is 71.3 Å². The lowest BCUT2D eigenvalue weighted by atomic mass is 9.99. The van der Waals surface area contributed by atoms with Gasteiger partial charge in [0.05, 0.1) is 11.6 Å². The minimum Gasteiger partial charge on any atom is -0.478 e. The van der Waals surface area contributed by atoms with Crippen molar-refractivity contribution in [1.82, 2.24) is 4.72 Å². The Balaban J connectivity index is 2.29. The van der Waals surface area contributed by atoms with E-state index >= 15 is 0 Å². The molecule has 116 valence electrons. The molecule has 2 aromatic rings. The highest BCUT2D eigenvalue weighted by molar-refractivity contribution is 7.98. The minimum absolute atomic E-state index is 0.0215. The van der Waals surface area contributed by atoms with Crippen LogP contribution in [0.25, 0.3) is 0 Å². The molecule has 2 N–H and O–H groups in total. The molecular weight excluding hydrogens is 294 g/mol. The Kier molecular flexibility index (Phi) is 5.27. The number of benzene rings is 2. The van der Waals surface area contributed by atoms with Crippen LogP contribution in [-0.2, 0) is 0 Å². The number of aromatic carboxylic acids is 1. The van der Waals surface area contributed by atoms with Crippen LogP contribution in [0, 0.1) is 0 Å². The summed E-state index contributed by atoms with van der Waals surface area (Å²) in [7, 11) is 0. The lowest BCUT2D eigenvalue weighted by Gasteiger charge is -2.25. The van der Waals surface area contributed by atoms with Crippen molar-refractivity contribution in [3.63, 3.8) is 0 Å². The second kappa shape index (κ2) is 6.99. The molecule has 0 saturated heterocycles. The van der Waals surface area contributed by atoms with Gasteiger partial charge in [0.2, 0.25) is 0 Å². The molecule has 0 fully saturated rings. The van der Waals surface area contributed by atoms with Crippen LogP contribution in [0.3, 0.4) is 0 Å². The van der Waals surface area contributed by atoms with Gasteiger partial charge in [-0.15, -0.1) is 0 Å². The van der Waals surface area contributed by atoms with Crippen LogP contribution in [0.2, 0.25) is 0 Å². The van der Waals surface area contributed by atoms with E-state index in [2.05, 4.69) is 37.6 Å². The monoisotopic (exact) mass is 315 g/mol. The van der Waals surface area contributed by atoms with Crippen LogP contribution < -0.4 is 4.72 Å². The minimum atomic E-state index is -0.903. The van der Waals surface area contributed by atoms with Gasteiger partial charge in [-0.25, -0.2) is 4.79 Å². The van der Waals surface area contributed by atoms with Gasteiger partial charge in [-0.1, -0.05) is 54.4 Å². The quantitative estimate of drug-likeness (QED) is 0.797. The first-order valence-electron chi connectivity index (χ1n) is 7.18. The number of hydrogen-bond donors (Lipinski definition) is 2. The third-order valence-corrected chi connectivity index (χ3v) is 4.07. The molecule has 0 radical (unpaired) electrons. The zero-order valence-corrected chi connectivity index (χ0v) is 13.9. The molecule has 0 aliphatic heterocycles. The third kappa shape index (κ3) is 4.61. The van der Waals surface area contributed by atoms with Gasteiger partial charge >= 0.3 is 5.97 Å². The molecule has 0 bridgehead atoms. The number of carboxylic acid groups (broad SMARTS) is 1. The summed E-state index contributed by atoms with van der Waals surface area (Å²) in [5.74, 6) is -0.903. The molecule has 3 nitrogen and oxygen atoms in total. The van der Waals surface area contributed by atoms with Gasteiger partial charge in [-0.05, 0) is 44.0 Å².